The summed E-state index contributed by atoms with van der Waals surface area (Å²) in [6.45, 7) is 2.84. The molecule has 1 aromatic rings. The van der Waals surface area contributed by atoms with Crippen LogP contribution in [0.2, 0.25) is 0 Å². The summed E-state index contributed by atoms with van der Waals surface area (Å²) in [6.07, 6.45) is 0.931. The Morgan fingerprint density at radius 2 is 2.24 bits per heavy atom. The van der Waals surface area contributed by atoms with Crippen molar-refractivity contribution in [3.8, 4) is 0 Å². The zero-order chi connectivity index (χ0) is 12.1. The predicted molar refractivity (Wildman–Crippen MR) is 62.9 cm³/mol. The molecule has 0 aromatic heterocycles. The quantitative estimate of drug-likeness (QED) is 0.807. The minimum absolute atomic E-state index is 0.0826. The van der Waals surface area contributed by atoms with Gasteiger partial charge >= 0.3 is 0 Å². The van der Waals surface area contributed by atoms with Gasteiger partial charge in [0.05, 0.1) is 25.2 Å². The maximum atomic E-state index is 11.7. The van der Waals surface area contributed by atoms with E-state index in [0.29, 0.717) is 13.2 Å². The van der Waals surface area contributed by atoms with E-state index in [0.717, 1.165) is 12.0 Å². The molecule has 1 saturated heterocycles. The van der Waals surface area contributed by atoms with Gasteiger partial charge in [0.15, 0.2) is 0 Å². The van der Waals surface area contributed by atoms with Crippen LogP contribution < -0.4 is 5.48 Å². The van der Waals surface area contributed by atoms with Gasteiger partial charge in [-0.2, -0.15) is 0 Å². The summed E-state index contributed by atoms with van der Waals surface area (Å²) in [4.78, 5) is 16.8. The number of nitrogens with one attached hydrogen (secondary N) is 1. The van der Waals surface area contributed by atoms with Crippen LogP contribution in [-0.4, -0.2) is 18.6 Å². The Bertz CT molecular complexity index is 366. The zero-order valence-electron chi connectivity index (χ0n) is 9.89. The van der Waals surface area contributed by atoms with Crippen molar-refractivity contribution in [2.75, 3.05) is 6.61 Å². The van der Waals surface area contributed by atoms with E-state index in [1.54, 1.807) is 0 Å². The molecule has 17 heavy (non-hydrogen) atoms. The molecule has 1 amide bonds. The van der Waals surface area contributed by atoms with Gasteiger partial charge < -0.3 is 4.74 Å². The van der Waals surface area contributed by atoms with Crippen LogP contribution in [0.5, 0.6) is 0 Å². The largest absolute Gasteiger partial charge is 0.378 e. The summed E-state index contributed by atoms with van der Waals surface area (Å²) in [7, 11) is 0. The summed E-state index contributed by atoms with van der Waals surface area (Å²) in [6, 6.07) is 9.72. The third-order valence-corrected chi connectivity index (χ3v) is 2.82. The number of amides is 1. The van der Waals surface area contributed by atoms with Crippen molar-refractivity contribution < 1.29 is 14.4 Å². The summed E-state index contributed by atoms with van der Waals surface area (Å²) in [5, 5.41) is 0. The van der Waals surface area contributed by atoms with E-state index >= 15 is 0 Å². The first kappa shape index (κ1) is 12.1. The van der Waals surface area contributed by atoms with Crippen molar-refractivity contribution in [2.24, 2.45) is 5.92 Å². The number of benzene rings is 1. The molecule has 1 aliphatic heterocycles. The van der Waals surface area contributed by atoms with Gasteiger partial charge in [-0.1, -0.05) is 30.3 Å². The lowest BCUT2D eigenvalue weighted by Gasteiger charge is -2.09. The Hall–Kier alpha value is -1.39. The monoisotopic (exact) mass is 235 g/mol. The molecule has 1 N–H and O–H groups in total. The summed E-state index contributed by atoms with van der Waals surface area (Å²) >= 11 is 0. The molecule has 0 radical (unpaired) electrons. The van der Waals surface area contributed by atoms with Gasteiger partial charge in [-0.3, -0.25) is 9.63 Å². The number of hydroxylamine groups is 1. The average molecular weight is 235 g/mol. The van der Waals surface area contributed by atoms with Crippen molar-refractivity contribution >= 4 is 5.91 Å². The number of carbonyl (C=O) groups is 1. The van der Waals surface area contributed by atoms with Crippen LogP contribution in [0.25, 0.3) is 0 Å². The van der Waals surface area contributed by atoms with Gasteiger partial charge in [0.2, 0.25) is 5.91 Å². The third kappa shape index (κ3) is 3.54. The number of carbonyl (C=O) groups excluding carboxylic acids is 1. The molecule has 4 nitrogen and oxygen atoms in total. The Balaban J connectivity index is 1.70. The second-order valence-corrected chi connectivity index (χ2v) is 4.32. The van der Waals surface area contributed by atoms with E-state index in [2.05, 4.69) is 5.48 Å². The molecule has 0 spiro atoms. The smallest absolute Gasteiger partial charge is 0.249 e. The van der Waals surface area contributed by atoms with E-state index in [1.807, 2.05) is 37.3 Å². The molecular weight excluding hydrogens is 218 g/mol. The summed E-state index contributed by atoms with van der Waals surface area (Å²) in [5.41, 5.74) is 3.51. The molecule has 2 rings (SSSR count). The van der Waals surface area contributed by atoms with Crippen molar-refractivity contribution in [3.05, 3.63) is 35.9 Å². The highest BCUT2D eigenvalue weighted by Gasteiger charge is 2.28. The second kappa shape index (κ2) is 5.80. The summed E-state index contributed by atoms with van der Waals surface area (Å²) < 4.78 is 5.33. The van der Waals surface area contributed by atoms with Crippen molar-refractivity contribution in [1.29, 1.82) is 0 Å². The van der Waals surface area contributed by atoms with Crippen LogP contribution in [0.4, 0.5) is 0 Å². The van der Waals surface area contributed by atoms with Crippen molar-refractivity contribution in [3.63, 3.8) is 0 Å². The van der Waals surface area contributed by atoms with Gasteiger partial charge in [-0.15, -0.1) is 0 Å². The number of hydrogen-bond donors (Lipinski definition) is 1. The molecule has 1 fully saturated rings. The van der Waals surface area contributed by atoms with Gasteiger partial charge in [0, 0.05) is 0 Å². The molecule has 1 heterocycles. The van der Waals surface area contributed by atoms with Crippen molar-refractivity contribution in [2.45, 2.75) is 26.1 Å². The lowest BCUT2D eigenvalue weighted by atomic mass is 10.1. The lowest BCUT2D eigenvalue weighted by Crippen LogP contribution is -2.31. The van der Waals surface area contributed by atoms with Crippen LogP contribution in [0, 0.1) is 5.92 Å². The highest BCUT2D eigenvalue weighted by Crippen LogP contribution is 2.18. The standard InChI is InChI=1S/C13H17NO3/c1-10-7-12(9-16-10)13(15)14-17-8-11-5-3-2-4-6-11/h2-6,10,12H,7-9H2,1H3,(H,14,15). The minimum Gasteiger partial charge on any atom is -0.378 e. The first-order valence-corrected chi connectivity index (χ1v) is 5.83. The topological polar surface area (TPSA) is 47.6 Å². The Labute approximate surface area is 101 Å². The molecule has 0 aliphatic carbocycles. The Morgan fingerprint density at radius 3 is 2.88 bits per heavy atom. The molecule has 1 aliphatic rings. The first-order valence-electron chi connectivity index (χ1n) is 5.83. The second-order valence-electron chi connectivity index (χ2n) is 4.32. The molecule has 2 atom stereocenters. The highest BCUT2D eigenvalue weighted by atomic mass is 16.7. The molecule has 0 saturated carbocycles. The lowest BCUT2D eigenvalue weighted by molar-refractivity contribution is -0.138. The predicted octanol–water partition coefficient (Wildman–Crippen LogP) is 1.66. The van der Waals surface area contributed by atoms with Gasteiger partial charge in [-0.25, -0.2) is 5.48 Å². The van der Waals surface area contributed by atoms with Crippen LogP contribution in [0.15, 0.2) is 30.3 Å². The van der Waals surface area contributed by atoms with E-state index in [-0.39, 0.29) is 17.9 Å². The Kier molecular flexibility index (Phi) is 4.12. The Morgan fingerprint density at radius 1 is 1.47 bits per heavy atom. The fourth-order valence-electron chi connectivity index (χ4n) is 1.85. The molecule has 0 bridgehead atoms. The van der Waals surface area contributed by atoms with Crippen molar-refractivity contribution in [1.82, 2.24) is 5.48 Å². The van der Waals surface area contributed by atoms with Crippen LogP contribution in [0.3, 0.4) is 0 Å². The van der Waals surface area contributed by atoms with Crippen LogP contribution in [0.1, 0.15) is 18.9 Å². The van der Waals surface area contributed by atoms with Crippen LogP contribution >= 0.6 is 0 Å². The average Bonchev–Trinajstić information content (AvgIpc) is 2.77. The fraction of sp³-hybridized carbons (Fsp3) is 0.462. The molecule has 2 unspecified atom stereocenters. The maximum absolute atomic E-state index is 11.7. The number of hydrogen-bond acceptors (Lipinski definition) is 3. The molecular formula is C13H17NO3. The SMILES string of the molecule is CC1CC(C(=O)NOCc2ccccc2)CO1. The highest BCUT2D eigenvalue weighted by molar-refractivity contribution is 5.78. The maximum Gasteiger partial charge on any atom is 0.249 e. The van der Waals surface area contributed by atoms with Crippen LogP contribution in [-0.2, 0) is 21.0 Å². The van der Waals surface area contributed by atoms with E-state index in [1.165, 1.54) is 0 Å². The van der Waals surface area contributed by atoms with Gasteiger partial charge in [0.25, 0.3) is 0 Å². The first-order chi connectivity index (χ1) is 8.25. The van der Waals surface area contributed by atoms with Gasteiger partial charge in [-0.05, 0) is 18.9 Å². The fourth-order valence-corrected chi connectivity index (χ4v) is 1.85. The van der Waals surface area contributed by atoms with E-state index in [4.69, 9.17) is 9.57 Å². The molecule has 4 heteroatoms. The zero-order valence-corrected chi connectivity index (χ0v) is 9.89. The molecule has 92 valence electrons. The molecule has 1 aromatic carbocycles. The van der Waals surface area contributed by atoms with Gasteiger partial charge in [0.1, 0.15) is 0 Å². The summed E-state index contributed by atoms with van der Waals surface area (Å²) in [5.74, 6) is -0.175. The number of rotatable bonds is 4. The number of ether oxygens (including phenoxy) is 1. The third-order valence-electron chi connectivity index (χ3n) is 2.82. The minimum atomic E-state index is -0.0923. The van der Waals surface area contributed by atoms with E-state index < -0.39 is 0 Å². The normalized spacial score (nSPS) is 23.6. The van der Waals surface area contributed by atoms with E-state index in [9.17, 15) is 4.79 Å².